The Morgan fingerprint density at radius 1 is 1.00 bits per heavy atom. The van der Waals surface area contributed by atoms with Crippen molar-refractivity contribution in [2.24, 2.45) is 5.92 Å². The molecular formula is C34H41NO10. The third-order valence-corrected chi connectivity index (χ3v) is 7.27. The lowest BCUT2D eigenvalue weighted by atomic mass is 9.92. The van der Waals surface area contributed by atoms with E-state index in [1.165, 1.54) is 6.92 Å². The van der Waals surface area contributed by atoms with Gasteiger partial charge in [-0.05, 0) is 44.4 Å². The number of carbonyl (C=O) groups is 5. The number of hydrogen-bond acceptors (Lipinski definition) is 10. The molecule has 0 aromatic heterocycles. The van der Waals surface area contributed by atoms with Gasteiger partial charge in [0.15, 0.2) is 17.7 Å². The van der Waals surface area contributed by atoms with Crippen LogP contribution < -0.4 is 0 Å². The molecule has 1 aliphatic rings. The van der Waals surface area contributed by atoms with Crippen LogP contribution in [0.2, 0.25) is 0 Å². The van der Waals surface area contributed by atoms with Gasteiger partial charge in [-0.3, -0.25) is 19.2 Å². The molecule has 11 nitrogen and oxygen atoms in total. The average molecular weight is 624 g/mol. The minimum atomic E-state index is -1.60. The van der Waals surface area contributed by atoms with Crippen LogP contribution in [0.1, 0.15) is 56.4 Å². The fourth-order valence-electron chi connectivity index (χ4n) is 5.00. The number of allylic oxidation sites excluding steroid dienone is 1. The number of Topliss-reactive ketones (excluding diaryl/α,β-unsaturated/α-hetero) is 1. The van der Waals surface area contributed by atoms with E-state index in [0.717, 1.165) is 23.5 Å². The van der Waals surface area contributed by atoms with Crippen molar-refractivity contribution >= 4 is 35.1 Å². The third-order valence-electron chi connectivity index (χ3n) is 7.27. The van der Waals surface area contributed by atoms with Gasteiger partial charge in [-0.15, -0.1) is 0 Å². The first-order chi connectivity index (χ1) is 21.5. The van der Waals surface area contributed by atoms with Crippen molar-refractivity contribution in [2.45, 2.75) is 58.8 Å². The number of ketones is 2. The molecule has 3 rings (SSSR count). The van der Waals surface area contributed by atoms with Crippen molar-refractivity contribution in [3.8, 4) is 0 Å². The molecule has 0 spiro atoms. The summed E-state index contributed by atoms with van der Waals surface area (Å²) in [6.07, 6.45) is -1.63. The van der Waals surface area contributed by atoms with Gasteiger partial charge in [0.25, 0.3) is 0 Å². The van der Waals surface area contributed by atoms with E-state index in [2.05, 4.69) is 0 Å². The molecule has 1 heterocycles. The second-order valence-electron chi connectivity index (χ2n) is 10.8. The molecule has 2 aromatic rings. The molecule has 0 radical (unpaired) electrons. The zero-order valence-electron chi connectivity index (χ0n) is 26.1. The van der Waals surface area contributed by atoms with Crippen LogP contribution in [-0.4, -0.2) is 84.7 Å². The van der Waals surface area contributed by atoms with Gasteiger partial charge < -0.3 is 24.1 Å². The molecule has 0 bridgehead atoms. The second kappa shape index (κ2) is 17.3. The monoisotopic (exact) mass is 623 g/mol. The van der Waals surface area contributed by atoms with E-state index in [1.807, 2.05) is 19.1 Å². The minimum absolute atomic E-state index is 0.0648. The summed E-state index contributed by atoms with van der Waals surface area (Å²) in [7, 11) is 0. The maximum atomic E-state index is 13.7. The molecule has 242 valence electrons. The van der Waals surface area contributed by atoms with E-state index in [1.54, 1.807) is 49.4 Å². The van der Waals surface area contributed by atoms with Gasteiger partial charge in [-0.25, -0.2) is 9.69 Å². The standard InChI is InChI=1S/C34H41NO10/c1-22-10-8-13-27(20-22)28(29(38)14-9-16-42-18-19-43-17-15-36)21-30(39)31(44-25(4)37)23(2)33(40)35-24(3)32(45-34(35)41)26-11-6-5-7-12-26/h5-8,10-13,20-21,23-24,31-32,36H,9,14-19H2,1-4H3/t23-,24-,31-,32-/m0/s1. The Morgan fingerprint density at radius 2 is 1.69 bits per heavy atom. The highest BCUT2D eigenvalue weighted by molar-refractivity contribution is 6.25. The Morgan fingerprint density at radius 3 is 2.33 bits per heavy atom. The molecule has 4 atom stereocenters. The summed E-state index contributed by atoms with van der Waals surface area (Å²) in [5.74, 6) is -3.92. The van der Waals surface area contributed by atoms with Crippen LogP contribution in [-0.2, 0) is 38.1 Å². The van der Waals surface area contributed by atoms with E-state index in [9.17, 15) is 24.0 Å². The normalized spacial score (nSPS) is 17.8. The van der Waals surface area contributed by atoms with Crippen LogP contribution in [0.25, 0.3) is 5.57 Å². The Labute approximate surface area is 263 Å². The number of imide groups is 1. The van der Waals surface area contributed by atoms with Gasteiger partial charge in [-0.2, -0.15) is 0 Å². The summed E-state index contributed by atoms with van der Waals surface area (Å²) in [6.45, 7) is 7.05. The maximum absolute atomic E-state index is 13.7. The summed E-state index contributed by atoms with van der Waals surface area (Å²) >= 11 is 0. The lowest BCUT2D eigenvalue weighted by Crippen LogP contribution is -2.47. The first kappa shape index (κ1) is 35.3. The maximum Gasteiger partial charge on any atom is 0.417 e. The molecule has 1 aliphatic heterocycles. The number of hydrogen-bond donors (Lipinski definition) is 1. The van der Waals surface area contributed by atoms with Crippen LogP contribution in [0, 0.1) is 12.8 Å². The molecule has 1 fully saturated rings. The third kappa shape index (κ3) is 9.90. The van der Waals surface area contributed by atoms with E-state index >= 15 is 0 Å². The van der Waals surface area contributed by atoms with E-state index in [0.29, 0.717) is 30.8 Å². The fraction of sp³-hybridized carbons (Fsp3) is 0.441. The number of nitrogens with zero attached hydrogens (tertiary/aromatic N) is 1. The molecule has 0 unspecified atom stereocenters. The van der Waals surface area contributed by atoms with Crippen molar-refractivity contribution in [3.05, 3.63) is 77.4 Å². The van der Waals surface area contributed by atoms with Gasteiger partial charge in [0.05, 0.1) is 38.4 Å². The first-order valence-electron chi connectivity index (χ1n) is 14.9. The highest BCUT2D eigenvalue weighted by atomic mass is 16.6. The smallest absolute Gasteiger partial charge is 0.417 e. The zero-order valence-corrected chi connectivity index (χ0v) is 26.1. The van der Waals surface area contributed by atoms with Crippen molar-refractivity contribution in [2.75, 3.05) is 33.0 Å². The topological polar surface area (TPSA) is 146 Å². The molecule has 1 saturated heterocycles. The van der Waals surface area contributed by atoms with Crippen LogP contribution in [0.4, 0.5) is 4.79 Å². The van der Waals surface area contributed by atoms with Gasteiger partial charge in [0, 0.05) is 25.5 Å². The zero-order chi connectivity index (χ0) is 32.9. The number of aliphatic hydroxyl groups is 1. The number of aliphatic hydroxyl groups excluding tert-OH is 1. The van der Waals surface area contributed by atoms with Crippen molar-refractivity contribution in [1.82, 2.24) is 4.90 Å². The lowest BCUT2D eigenvalue weighted by Gasteiger charge is -2.26. The predicted octanol–water partition coefficient (Wildman–Crippen LogP) is 4.00. The number of carbonyl (C=O) groups excluding carboxylic acids is 5. The molecule has 45 heavy (non-hydrogen) atoms. The SMILES string of the molecule is CC(=O)O[C@H](C(=O)C=C(C(=O)CCCOCCOCCO)c1cccc(C)c1)[C@H](C)C(=O)N1C(=O)O[C@H](c2ccccc2)[C@@H]1C. The number of rotatable bonds is 17. The van der Waals surface area contributed by atoms with Crippen LogP contribution in [0.3, 0.4) is 0 Å². The second-order valence-corrected chi connectivity index (χ2v) is 10.8. The quantitative estimate of drug-likeness (QED) is 0.156. The molecular weight excluding hydrogens is 582 g/mol. The molecule has 11 heteroatoms. The molecule has 1 N–H and O–H groups in total. The summed E-state index contributed by atoms with van der Waals surface area (Å²) in [5.41, 5.74) is 2.16. The molecule has 2 aromatic carbocycles. The number of ether oxygens (including phenoxy) is 4. The number of amides is 2. The highest BCUT2D eigenvalue weighted by Gasteiger charge is 2.47. The summed E-state index contributed by atoms with van der Waals surface area (Å²) in [6, 6.07) is 15.3. The van der Waals surface area contributed by atoms with Crippen molar-refractivity contribution < 1.29 is 48.0 Å². The van der Waals surface area contributed by atoms with Crippen molar-refractivity contribution in [3.63, 3.8) is 0 Å². The Kier molecular flexibility index (Phi) is 13.6. The molecule has 0 aliphatic carbocycles. The van der Waals surface area contributed by atoms with Crippen molar-refractivity contribution in [1.29, 1.82) is 0 Å². The van der Waals surface area contributed by atoms with Gasteiger partial charge >= 0.3 is 12.1 Å². The van der Waals surface area contributed by atoms with Gasteiger partial charge in [0.2, 0.25) is 5.91 Å². The minimum Gasteiger partial charge on any atom is -0.453 e. The van der Waals surface area contributed by atoms with Crippen LogP contribution in [0.15, 0.2) is 60.7 Å². The summed E-state index contributed by atoms with van der Waals surface area (Å²) in [5, 5.41) is 8.75. The van der Waals surface area contributed by atoms with E-state index < -0.39 is 47.9 Å². The Balaban J connectivity index is 1.81. The highest BCUT2D eigenvalue weighted by Crippen LogP contribution is 2.34. The predicted molar refractivity (Wildman–Crippen MR) is 164 cm³/mol. The number of esters is 1. The summed E-state index contributed by atoms with van der Waals surface area (Å²) < 4.78 is 21.5. The largest absolute Gasteiger partial charge is 0.453 e. The number of aryl methyl sites for hydroxylation is 1. The Hall–Kier alpha value is -4.19. The first-order valence-corrected chi connectivity index (χ1v) is 14.9. The number of cyclic esters (lactones) is 1. The average Bonchev–Trinajstić information content (AvgIpc) is 3.32. The van der Waals surface area contributed by atoms with Gasteiger partial charge in [0.1, 0.15) is 6.10 Å². The lowest BCUT2D eigenvalue weighted by molar-refractivity contribution is -0.158. The fourth-order valence-corrected chi connectivity index (χ4v) is 5.00. The number of benzene rings is 2. The molecule has 0 saturated carbocycles. The summed E-state index contributed by atoms with van der Waals surface area (Å²) in [4.78, 5) is 66.6. The van der Waals surface area contributed by atoms with E-state index in [-0.39, 0.29) is 37.6 Å². The molecule has 2 amide bonds. The van der Waals surface area contributed by atoms with Crippen LogP contribution in [0.5, 0.6) is 0 Å². The van der Waals surface area contributed by atoms with E-state index in [4.69, 9.17) is 24.1 Å². The van der Waals surface area contributed by atoms with Gasteiger partial charge in [-0.1, -0.05) is 60.2 Å². The Bertz CT molecular complexity index is 1370. The van der Waals surface area contributed by atoms with Crippen LogP contribution >= 0.6 is 0 Å².